The van der Waals surface area contributed by atoms with Crippen LogP contribution in [0.4, 0.5) is 0 Å². The molecule has 106 valence electrons. The molecule has 0 aromatic carbocycles. The summed E-state index contributed by atoms with van der Waals surface area (Å²) in [5, 5.41) is 12.9. The lowest BCUT2D eigenvalue weighted by Gasteiger charge is -2.16. The third kappa shape index (κ3) is 6.02. The highest BCUT2D eigenvalue weighted by Gasteiger charge is 2.17. The van der Waals surface area contributed by atoms with Crippen LogP contribution in [0.3, 0.4) is 0 Å². The van der Waals surface area contributed by atoms with Crippen molar-refractivity contribution >= 4 is 17.7 Å². The van der Waals surface area contributed by atoms with E-state index < -0.39 is 12.0 Å². The Hall–Kier alpha value is -1.14. The van der Waals surface area contributed by atoms with Gasteiger partial charge in [0.15, 0.2) is 5.16 Å². The lowest BCUT2D eigenvalue weighted by Crippen LogP contribution is -2.37. The van der Waals surface area contributed by atoms with E-state index in [0.717, 1.165) is 16.5 Å². The minimum Gasteiger partial charge on any atom is -0.480 e. The summed E-state index contributed by atoms with van der Waals surface area (Å²) in [5.41, 5.74) is 0.899. The molecule has 1 rings (SSSR count). The Balaban J connectivity index is 2.51. The molecule has 1 aromatic heterocycles. The summed E-state index contributed by atoms with van der Waals surface area (Å²) in [4.78, 5) is 19.5. The minimum atomic E-state index is -0.812. The Morgan fingerprint density at radius 1 is 1.42 bits per heavy atom. The van der Waals surface area contributed by atoms with Gasteiger partial charge in [0.05, 0.1) is 0 Å². The Kier molecular flexibility index (Phi) is 6.80. The first-order chi connectivity index (χ1) is 9.02. The van der Waals surface area contributed by atoms with Gasteiger partial charge in [-0.1, -0.05) is 32.5 Å². The van der Waals surface area contributed by atoms with E-state index in [2.05, 4.69) is 15.3 Å². The number of carbonyl (C=O) groups is 1. The molecule has 0 radical (unpaired) electrons. The van der Waals surface area contributed by atoms with Gasteiger partial charge in [-0.25, -0.2) is 9.97 Å². The molecule has 0 saturated carbocycles. The van der Waals surface area contributed by atoms with E-state index >= 15 is 0 Å². The molecule has 0 spiro atoms. The van der Waals surface area contributed by atoms with Crippen LogP contribution in [0.25, 0.3) is 0 Å². The number of nitrogens with zero attached hydrogens (tertiary/aromatic N) is 2. The summed E-state index contributed by atoms with van der Waals surface area (Å²) in [6, 6.07) is -0.523. The molecule has 0 bridgehead atoms. The number of thioether (sulfide) groups is 1. The number of nitrogens with one attached hydrogen (secondary N) is 1. The quantitative estimate of drug-likeness (QED) is 0.562. The molecule has 5 nitrogen and oxygen atoms in total. The highest BCUT2D eigenvalue weighted by atomic mass is 32.2. The molecular formula is C13H21N3O2S. The van der Waals surface area contributed by atoms with Gasteiger partial charge >= 0.3 is 5.97 Å². The number of aliphatic carboxylic acids is 1. The summed E-state index contributed by atoms with van der Waals surface area (Å²) in [6.45, 7) is 6.54. The standard InChI is InChI=1S/C13H21N3O2S/c1-4-19-13-15-7-10(8-16-13)6-14-11(12(17)18)5-9(2)3/h7-9,11,14H,4-6H2,1-3H3,(H,17,18)/t11-/m0/s1. The van der Waals surface area contributed by atoms with Gasteiger partial charge in [0.25, 0.3) is 0 Å². The maximum absolute atomic E-state index is 11.1. The average Bonchev–Trinajstić information content (AvgIpc) is 2.36. The smallest absolute Gasteiger partial charge is 0.320 e. The zero-order chi connectivity index (χ0) is 14.3. The summed E-state index contributed by atoms with van der Waals surface area (Å²) in [7, 11) is 0. The predicted molar refractivity (Wildman–Crippen MR) is 76.1 cm³/mol. The molecule has 1 atom stereocenters. The zero-order valence-electron chi connectivity index (χ0n) is 11.6. The molecule has 2 N–H and O–H groups in total. The third-order valence-electron chi connectivity index (χ3n) is 2.51. The topological polar surface area (TPSA) is 75.1 Å². The first kappa shape index (κ1) is 15.9. The Morgan fingerprint density at radius 3 is 2.53 bits per heavy atom. The van der Waals surface area contributed by atoms with E-state index in [1.54, 1.807) is 24.2 Å². The molecule has 0 amide bonds. The first-order valence-electron chi connectivity index (χ1n) is 6.42. The molecular weight excluding hydrogens is 262 g/mol. The van der Waals surface area contributed by atoms with Crippen LogP contribution >= 0.6 is 11.8 Å². The minimum absolute atomic E-state index is 0.341. The fourth-order valence-corrected chi connectivity index (χ4v) is 2.13. The van der Waals surface area contributed by atoms with Crippen molar-refractivity contribution in [2.24, 2.45) is 5.92 Å². The summed E-state index contributed by atoms with van der Waals surface area (Å²) >= 11 is 1.58. The number of carboxylic acids is 1. The van der Waals surface area contributed by atoms with Crippen molar-refractivity contribution < 1.29 is 9.90 Å². The fraction of sp³-hybridized carbons (Fsp3) is 0.615. The predicted octanol–water partition coefficient (Wildman–Crippen LogP) is 2.18. The SMILES string of the molecule is CCSc1ncc(CN[C@@H](CC(C)C)C(=O)O)cn1. The van der Waals surface area contributed by atoms with E-state index in [-0.39, 0.29) is 0 Å². The zero-order valence-corrected chi connectivity index (χ0v) is 12.4. The molecule has 1 heterocycles. The van der Waals surface area contributed by atoms with Crippen LogP contribution in [0.15, 0.2) is 17.6 Å². The molecule has 0 unspecified atom stereocenters. The van der Waals surface area contributed by atoms with Crippen molar-refractivity contribution in [3.8, 4) is 0 Å². The lowest BCUT2D eigenvalue weighted by molar-refractivity contribution is -0.140. The number of hydrogen-bond acceptors (Lipinski definition) is 5. The molecule has 1 aromatic rings. The van der Waals surface area contributed by atoms with E-state index in [1.807, 2.05) is 20.8 Å². The largest absolute Gasteiger partial charge is 0.480 e. The third-order valence-corrected chi connectivity index (χ3v) is 3.27. The number of rotatable bonds is 8. The lowest BCUT2D eigenvalue weighted by atomic mass is 10.0. The molecule has 0 fully saturated rings. The Labute approximate surface area is 118 Å². The molecule has 6 heteroatoms. The van der Waals surface area contributed by atoms with Crippen LogP contribution in [0.5, 0.6) is 0 Å². The summed E-state index contributed by atoms with van der Waals surface area (Å²) in [6.07, 6.45) is 4.10. The van der Waals surface area contributed by atoms with Gasteiger partial charge in [-0.05, 0) is 18.1 Å². The van der Waals surface area contributed by atoms with Crippen molar-refractivity contribution in [2.75, 3.05) is 5.75 Å². The van der Waals surface area contributed by atoms with Crippen molar-refractivity contribution in [1.29, 1.82) is 0 Å². The molecule has 0 saturated heterocycles. The summed E-state index contributed by atoms with van der Waals surface area (Å²) in [5.74, 6) is 0.466. The molecule has 0 aliphatic heterocycles. The average molecular weight is 283 g/mol. The van der Waals surface area contributed by atoms with E-state index in [4.69, 9.17) is 5.11 Å². The Bertz CT molecular complexity index is 395. The van der Waals surface area contributed by atoms with Gasteiger partial charge in [-0.15, -0.1) is 0 Å². The van der Waals surface area contributed by atoms with Gasteiger partial charge in [0, 0.05) is 24.5 Å². The molecule has 0 aliphatic carbocycles. The Morgan fingerprint density at radius 2 is 2.05 bits per heavy atom. The monoisotopic (exact) mass is 283 g/mol. The van der Waals surface area contributed by atoms with Crippen molar-refractivity contribution in [3.63, 3.8) is 0 Å². The second-order valence-electron chi connectivity index (χ2n) is 4.71. The van der Waals surface area contributed by atoms with Crippen molar-refractivity contribution in [1.82, 2.24) is 15.3 Å². The van der Waals surface area contributed by atoms with Crippen molar-refractivity contribution in [3.05, 3.63) is 18.0 Å². The van der Waals surface area contributed by atoms with Crippen LogP contribution in [0, 0.1) is 5.92 Å². The second-order valence-corrected chi connectivity index (χ2v) is 5.94. The molecule has 0 aliphatic rings. The highest BCUT2D eigenvalue weighted by molar-refractivity contribution is 7.99. The van der Waals surface area contributed by atoms with E-state index in [9.17, 15) is 4.79 Å². The summed E-state index contributed by atoms with van der Waals surface area (Å²) < 4.78 is 0. The first-order valence-corrected chi connectivity index (χ1v) is 7.41. The fourth-order valence-electron chi connectivity index (χ4n) is 1.62. The molecule has 19 heavy (non-hydrogen) atoms. The van der Waals surface area contributed by atoms with Gasteiger partial charge in [-0.2, -0.15) is 0 Å². The number of aromatic nitrogens is 2. The normalized spacial score (nSPS) is 12.6. The highest BCUT2D eigenvalue weighted by Crippen LogP contribution is 2.11. The van der Waals surface area contributed by atoms with Crippen LogP contribution in [0.1, 0.15) is 32.8 Å². The van der Waals surface area contributed by atoms with Gasteiger partial charge < -0.3 is 10.4 Å². The van der Waals surface area contributed by atoms with Gasteiger partial charge in [-0.3, -0.25) is 4.79 Å². The van der Waals surface area contributed by atoms with Crippen LogP contribution < -0.4 is 5.32 Å². The number of hydrogen-bond donors (Lipinski definition) is 2. The number of carboxylic acid groups (broad SMARTS) is 1. The van der Waals surface area contributed by atoms with Gasteiger partial charge in [0.1, 0.15) is 6.04 Å². The van der Waals surface area contributed by atoms with Crippen LogP contribution in [-0.2, 0) is 11.3 Å². The van der Waals surface area contributed by atoms with E-state index in [1.165, 1.54) is 0 Å². The van der Waals surface area contributed by atoms with Crippen LogP contribution in [-0.4, -0.2) is 32.8 Å². The maximum atomic E-state index is 11.1. The van der Waals surface area contributed by atoms with Crippen LogP contribution in [0.2, 0.25) is 0 Å². The second kappa shape index (κ2) is 8.12. The van der Waals surface area contributed by atoms with Gasteiger partial charge in [0.2, 0.25) is 0 Å². The van der Waals surface area contributed by atoms with Crippen molar-refractivity contribution in [2.45, 2.75) is 44.9 Å². The van der Waals surface area contributed by atoms with E-state index in [0.29, 0.717) is 18.9 Å². The maximum Gasteiger partial charge on any atom is 0.320 e.